The topological polar surface area (TPSA) is 27.7 Å². The molecule has 0 radical (unpaired) electrons. The van der Waals surface area contributed by atoms with Crippen molar-refractivity contribution in [2.45, 2.75) is 84.4 Å². The molecule has 0 N–H and O–H groups in total. The first kappa shape index (κ1) is 16.7. The van der Waals surface area contributed by atoms with Crippen LogP contribution < -0.4 is 0 Å². The molecule has 1 aliphatic heterocycles. The zero-order chi connectivity index (χ0) is 14.3. The van der Waals surface area contributed by atoms with Gasteiger partial charge in [0.15, 0.2) is 12.6 Å². The summed E-state index contributed by atoms with van der Waals surface area (Å²) in [5.74, 6) is 0. The summed E-state index contributed by atoms with van der Waals surface area (Å²) in [7, 11) is 1.79. The van der Waals surface area contributed by atoms with E-state index in [2.05, 4.69) is 26.8 Å². The van der Waals surface area contributed by atoms with Gasteiger partial charge >= 0.3 is 0 Å². The smallest absolute Gasteiger partial charge is 0.163 e. The van der Waals surface area contributed by atoms with Gasteiger partial charge in [-0.3, -0.25) is 0 Å². The van der Waals surface area contributed by atoms with Gasteiger partial charge in [-0.05, 0) is 66.2 Å². The molecule has 1 fully saturated rings. The molecule has 1 aliphatic rings. The average Bonchev–Trinajstić information content (AvgIpc) is 2.31. The molecule has 1 saturated heterocycles. The summed E-state index contributed by atoms with van der Waals surface area (Å²) >= 11 is 0. The molecule has 1 rings (SSSR count). The van der Waals surface area contributed by atoms with Crippen LogP contribution in [0.15, 0.2) is 11.6 Å². The molecule has 0 aliphatic carbocycles. The largest absolute Gasteiger partial charge is 0.379 e. The Morgan fingerprint density at radius 2 is 1.95 bits per heavy atom. The highest BCUT2D eigenvalue weighted by Crippen LogP contribution is 2.22. The van der Waals surface area contributed by atoms with Gasteiger partial charge in [-0.15, -0.1) is 0 Å². The van der Waals surface area contributed by atoms with Crippen molar-refractivity contribution in [2.24, 2.45) is 0 Å². The number of methoxy groups -OCH3 is 1. The molecule has 0 unspecified atom stereocenters. The average molecular weight is 270 g/mol. The van der Waals surface area contributed by atoms with E-state index in [1.54, 1.807) is 7.11 Å². The van der Waals surface area contributed by atoms with Crippen LogP contribution in [-0.2, 0) is 14.2 Å². The zero-order valence-electron chi connectivity index (χ0n) is 13.2. The lowest BCUT2D eigenvalue weighted by Gasteiger charge is -2.33. The Morgan fingerprint density at radius 3 is 2.53 bits per heavy atom. The molecule has 3 nitrogen and oxygen atoms in total. The number of ether oxygens (including phenoxy) is 3. The summed E-state index contributed by atoms with van der Waals surface area (Å²) in [5.41, 5.74) is 1.49. The van der Waals surface area contributed by atoms with Crippen molar-refractivity contribution < 1.29 is 14.2 Å². The molecule has 0 atom stereocenters. The highest BCUT2D eigenvalue weighted by Gasteiger charge is 2.25. The second-order valence-electron chi connectivity index (χ2n) is 6.07. The lowest BCUT2D eigenvalue weighted by Crippen LogP contribution is -2.38. The third-order valence-corrected chi connectivity index (χ3v) is 3.73. The van der Waals surface area contributed by atoms with Crippen molar-refractivity contribution in [3.8, 4) is 0 Å². The van der Waals surface area contributed by atoms with Gasteiger partial charge < -0.3 is 14.2 Å². The Hall–Kier alpha value is -0.380. The van der Waals surface area contributed by atoms with Crippen LogP contribution in [-0.4, -0.2) is 25.3 Å². The van der Waals surface area contributed by atoms with Crippen molar-refractivity contribution in [3.63, 3.8) is 0 Å². The van der Waals surface area contributed by atoms with Gasteiger partial charge in [0, 0.05) is 7.11 Å². The van der Waals surface area contributed by atoms with Crippen molar-refractivity contribution in [1.82, 2.24) is 0 Å². The lowest BCUT2D eigenvalue weighted by atomic mass is 9.98. The summed E-state index contributed by atoms with van der Waals surface area (Å²) in [6, 6.07) is 0. The minimum atomic E-state index is 0.00594. The van der Waals surface area contributed by atoms with Crippen LogP contribution >= 0.6 is 0 Å². The molecule has 112 valence electrons. The van der Waals surface area contributed by atoms with Crippen LogP contribution in [0.25, 0.3) is 0 Å². The van der Waals surface area contributed by atoms with Crippen molar-refractivity contribution in [2.75, 3.05) is 7.11 Å². The molecule has 0 spiro atoms. The fraction of sp³-hybridized carbons (Fsp3) is 0.875. The van der Waals surface area contributed by atoms with Gasteiger partial charge in [-0.2, -0.15) is 0 Å². The number of rotatable bonds is 9. The predicted molar refractivity (Wildman–Crippen MR) is 78.0 cm³/mol. The fourth-order valence-corrected chi connectivity index (χ4v) is 2.20. The van der Waals surface area contributed by atoms with Crippen molar-refractivity contribution in [1.29, 1.82) is 0 Å². The first-order chi connectivity index (χ1) is 8.93. The first-order valence-corrected chi connectivity index (χ1v) is 7.44. The number of allylic oxidation sites excluding steroid dienone is 2. The molecular formula is C16H30O3. The normalized spacial score (nSPS) is 24.4. The molecule has 0 saturated carbocycles. The first-order valence-electron chi connectivity index (χ1n) is 7.44. The van der Waals surface area contributed by atoms with E-state index in [0.29, 0.717) is 0 Å². The van der Waals surface area contributed by atoms with Gasteiger partial charge in [0.2, 0.25) is 0 Å². The molecule has 0 aromatic rings. The third kappa shape index (κ3) is 7.09. The van der Waals surface area contributed by atoms with E-state index < -0.39 is 0 Å². The SMILES string of the molecule is COC(C)(C)CCCC(C)=CCCCC1OC(C)O1. The van der Waals surface area contributed by atoms with Crippen LogP contribution in [0.2, 0.25) is 0 Å². The van der Waals surface area contributed by atoms with Crippen LogP contribution in [0.5, 0.6) is 0 Å². The number of unbranched alkanes of at least 4 members (excludes halogenated alkanes) is 1. The van der Waals surface area contributed by atoms with Gasteiger partial charge in [-0.25, -0.2) is 0 Å². The van der Waals surface area contributed by atoms with E-state index in [1.807, 2.05) is 6.92 Å². The molecule has 1 heterocycles. The summed E-state index contributed by atoms with van der Waals surface area (Å²) in [6.07, 6.45) is 9.13. The quantitative estimate of drug-likeness (QED) is 0.458. The maximum absolute atomic E-state index is 5.42. The molecule has 19 heavy (non-hydrogen) atoms. The van der Waals surface area contributed by atoms with Crippen molar-refractivity contribution in [3.05, 3.63) is 11.6 Å². The van der Waals surface area contributed by atoms with Crippen LogP contribution in [0.4, 0.5) is 0 Å². The van der Waals surface area contributed by atoms with Gasteiger partial charge in [0.25, 0.3) is 0 Å². The monoisotopic (exact) mass is 270 g/mol. The highest BCUT2D eigenvalue weighted by atomic mass is 16.9. The summed E-state index contributed by atoms with van der Waals surface area (Å²) < 4.78 is 16.2. The van der Waals surface area contributed by atoms with E-state index >= 15 is 0 Å². The van der Waals surface area contributed by atoms with E-state index in [1.165, 1.54) is 18.4 Å². The van der Waals surface area contributed by atoms with Crippen LogP contribution in [0, 0.1) is 0 Å². The minimum Gasteiger partial charge on any atom is -0.379 e. The standard InChI is InChI=1S/C16H30O3/c1-13(10-8-12-16(3,4)17-5)9-6-7-11-15-18-14(2)19-15/h9,14-15H,6-8,10-12H2,1-5H3. The molecule has 0 aromatic heterocycles. The highest BCUT2D eigenvalue weighted by molar-refractivity contribution is 4.97. The summed E-state index contributed by atoms with van der Waals surface area (Å²) in [6.45, 7) is 8.44. The maximum atomic E-state index is 5.42. The van der Waals surface area contributed by atoms with Crippen molar-refractivity contribution >= 4 is 0 Å². The second kappa shape index (κ2) is 8.03. The van der Waals surface area contributed by atoms with Crippen LogP contribution in [0.1, 0.15) is 66.2 Å². The lowest BCUT2D eigenvalue weighted by molar-refractivity contribution is -0.377. The predicted octanol–water partition coefficient (Wildman–Crippen LogP) is 4.42. The van der Waals surface area contributed by atoms with Crippen LogP contribution in [0.3, 0.4) is 0 Å². The summed E-state index contributed by atoms with van der Waals surface area (Å²) in [5, 5.41) is 0. The van der Waals surface area contributed by atoms with E-state index in [9.17, 15) is 0 Å². The number of hydrogen-bond donors (Lipinski definition) is 0. The molecule has 3 heteroatoms. The van der Waals surface area contributed by atoms with Gasteiger partial charge in [0.05, 0.1) is 5.60 Å². The minimum absolute atomic E-state index is 0.00594. The fourth-order valence-electron chi connectivity index (χ4n) is 2.20. The number of hydrogen-bond acceptors (Lipinski definition) is 3. The summed E-state index contributed by atoms with van der Waals surface area (Å²) in [4.78, 5) is 0. The Labute approximate surface area is 118 Å². The Morgan fingerprint density at radius 1 is 1.26 bits per heavy atom. The Balaban J connectivity index is 2.02. The van der Waals surface area contributed by atoms with E-state index in [4.69, 9.17) is 14.2 Å². The molecule has 0 bridgehead atoms. The molecule has 0 aromatic carbocycles. The third-order valence-electron chi connectivity index (χ3n) is 3.73. The molecule has 0 amide bonds. The Bertz CT molecular complexity index is 278. The Kier molecular flexibility index (Phi) is 7.05. The van der Waals surface area contributed by atoms with E-state index in [0.717, 1.165) is 25.7 Å². The second-order valence-corrected chi connectivity index (χ2v) is 6.07. The van der Waals surface area contributed by atoms with Gasteiger partial charge in [0.1, 0.15) is 0 Å². The van der Waals surface area contributed by atoms with Gasteiger partial charge in [-0.1, -0.05) is 11.6 Å². The maximum Gasteiger partial charge on any atom is 0.163 e. The van der Waals surface area contributed by atoms with E-state index in [-0.39, 0.29) is 18.2 Å². The zero-order valence-corrected chi connectivity index (χ0v) is 13.2. The molecular weight excluding hydrogens is 240 g/mol.